The zero-order valence-electron chi connectivity index (χ0n) is 13.2. The molecule has 0 unspecified atom stereocenters. The molecular weight excluding hydrogens is 320 g/mol. The highest BCUT2D eigenvalue weighted by molar-refractivity contribution is 7.99. The van der Waals surface area contributed by atoms with Crippen molar-refractivity contribution in [2.24, 2.45) is 0 Å². The van der Waals surface area contributed by atoms with E-state index in [0.29, 0.717) is 28.9 Å². The van der Waals surface area contributed by atoms with Crippen molar-refractivity contribution in [1.29, 1.82) is 0 Å². The minimum absolute atomic E-state index is 0.122. The lowest BCUT2D eigenvalue weighted by Crippen LogP contribution is -2.09. The second-order valence-electron chi connectivity index (χ2n) is 5.54. The molecule has 0 saturated heterocycles. The largest absolute Gasteiger partial charge is 0.301 e. The molecule has 4 nitrogen and oxygen atoms in total. The fraction of sp³-hybridized carbons (Fsp3) is 0.211. The molecule has 0 aliphatic rings. The number of aromatic nitrogens is 2. The number of thioether (sulfide) groups is 1. The van der Waals surface area contributed by atoms with E-state index in [1.54, 1.807) is 6.07 Å². The number of carbonyl (C=O) groups excluding carboxylic acids is 1. The third-order valence-corrected chi connectivity index (χ3v) is 4.63. The van der Waals surface area contributed by atoms with Crippen LogP contribution in [0.1, 0.15) is 18.4 Å². The lowest BCUT2D eigenvalue weighted by Gasteiger charge is -2.03. The molecule has 2 aromatic carbocycles. The number of para-hydroxylation sites is 1. The summed E-state index contributed by atoms with van der Waals surface area (Å²) in [5.74, 6) is 0.990. The SMILES string of the molecule is O=C(CCCSc1nc2ccccc2c(=O)[nH]1)Cc1ccccc1. The van der Waals surface area contributed by atoms with E-state index in [9.17, 15) is 9.59 Å². The van der Waals surface area contributed by atoms with Crippen LogP contribution in [0.25, 0.3) is 10.9 Å². The molecule has 0 saturated carbocycles. The molecule has 1 heterocycles. The van der Waals surface area contributed by atoms with Crippen molar-refractivity contribution < 1.29 is 4.79 Å². The predicted molar refractivity (Wildman–Crippen MR) is 97.5 cm³/mol. The third kappa shape index (κ3) is 4.32. The van der Waals surface area contributed by atoms with Crippen molar-refractivity contribution in [3.8, 4) is 0 Å². The third-order valence-electron chi connectivity index (χ3n) is 3.67. The van der Waals surface area contributed by atoms with E-state index in [2.05, 4.69) is 9.97 Å². The maximum Gasteiger partial charge on any atom is 0.259 e. The van der Waals surface area contributed by atoms with E-state index in [4.69, 9.17) is 0 Å². The van der Waals surface area contributed by atoms with E-state index in [1.165, 1.54) is 11.8 Å². The number of rotatable bonds is 7. The number of H-pyrrole nitrogens is 1. The lowest BCUT2D eigenvalue weighted by atomic mass is 10.1. The summed E-state index contributed by atoms with van der Waals surface area (Å²) >= 11 is 1.48. The summed E-state index contributed by atoms with van der Waals surface area (Å²) in [7, 11) is 0. The monoisotopic (exact) mass is 338 g/mol. The summed E-state index contributed by atoms with van der Waals surface area (Å²) in [4.78, 5) is 31.2. The molecule has 0 amide bonds. The number of hydrogen-bond donors (Lipinski definition) is 1. The van der Waals surface area contributed by atoms with E-state index >= 15 is 0 Å². The quantitative estimate of drug-likeness (QED) is 0.406. The summed E-state index contributed by atoms with van der Waals surface area (Å²) in [5, 5.41) is 1.20. The Morgan fingerprint density at radius 2 is 1.79 bits per heavy atom. The minimum atomic E-state index is -0.122. The van der Waals surface area contributed by atoms with Crippen molar-refractivity contribution >= 4 is 28.4 Å². The summed E-state index contributed by atoms with van der Waals surface area (Å²) in [6, 6.07) is 17.1. The molecule has 24 heavy (non-hydrogen) atoms. The molecule has 1 N–H and O–H groups in total. The van der Waals surface area contributed by atoms with Gasteiger partial charge in [-0.15, -0.1) is 0 Å². The smallest absolute Gasteiger partial charge is 0.259 e. The first kappa shape index (κ1) is 16.5. The summed E-state index contributed by atoms with van der Waals surface area (Å²) in [5.41, 5.74) is 1.63. The fourth-order valence-corrected chi connectivity index (χ4v) is 3.29. The molecule has 0 radical (unpaired) electrons. The van der Waals surface area contributed by atoms with Crippen molar-refractivity contribution in [3.63, 3.8) is 0 Å². The van der Waals surface area contributed by atoms with E-state index in [0.717, 1.165) is 17.7 Å². The Hall–Kier alpha value is -2.40. The Kier molecular flexibility index (Phi) is 5.43. The topological polar surface area (TPSA) is 62.8 Å². The standard InChI is InChI=1S/C19H18N2O2S/c22-15(13-14-7-2-1-3-8-14)9-6-12-24-19-20-17-11-5-4-10-16(17)18(23)21-19/h1-5,7-8,10-11H,6,9,12-13H2,(H,20,21,23). The van der Waals surface area contributed by atoms with Gasteiger partial charge in [0.15, 0.2) is 5.16 Å². The highest BCUT2D eigenvalue weighted by Crippen LogP contribution is 2.16. The van der Waals surface area contributed by atoms with Gasteiger partial charge in [0.2, 0.25) is 0 Å². The maximum atomic E-state index is 12.0. The lowest BCUT2D eigenvalue weighted by molar-refractivity contribution is -0.118. The Morgan fingerprint density at radius 3 is 2.62 bits per heavy atom. The number of carbonyl (C=O) groups is 1. The second kappa shape index (κ2) is 7.93. The molecule has 122 valence electrons. The Morgan fingerprint density at radius 1 is 1.04 bits per heavy atom. The zero-order valence-corrected chi connectivity index (χ0v) is 14.0. The number of nitrogens with zero attached hydrogens (tertiary/aromatic N) is 1. The van der Waals surface area contributed by atoms with Crippen molar-refractivity contribution in [2.45, 2.75) is 24.4 Å². The molecule has 1 aromatic heterocycles. The number of Topliss-reactive ketones (excluding diaryl/α,β-unsaturated/α-hetero) is 1. The number of ketones is 1. The van der Waals surface area contributed by atoms with Gasteiger partial charge in [-0.05, 0) is 24.1 Å². The first-order valence-corrected chi connectivity index (χ1v) is 8.88. The van der Waals surface area contributed by atoms with Gasteiger partial charge in [-0.1, -0.05) is 54.2 Å². The van der Waals surface area contributed by atoms with Crippen LogP contribution < -0.4 is 5.56 Å². The van der Waals surface area contributed by atoms with E-state index in [1.807, 2.05) is 48.5 Å². The average molecular weight is 338 g/mol. The van der Waals surface area contributed by atoms with Gasteiger partial charge < -0.3 is 4.98 Å². The maximum absolute atomic E-state index is 12.0. The van der Waals surface area contributed by atoms with E-state index in [-0.39, 0.29) is 11.3 Å². The summed E-state index contributed by atoms with van der Waals surface area (Å²) < 4.78 is 0. The van der Waals surface area contributed by atoms with Crippen LogP contribution in [0.5, 0.6) is 0 Å². The highest BCUT2D eigenvalue weighted by atomic mass is 32.2. The van der Waals surface area contributed by atoms with Gasteiger partial charge in [0, 0.05) is 18.6 Å². The molecule has 0 aliphatic carbocycles. The molecule has 3 aromatic rings. The van der Waals surface area contributed by atoms with Gasteiger partial charge >= 0.3 is 0 Å². The van der Waals surface area contributed by atoms with Crippen LogP contribution in [0.2, 0.25) is 0 Å². The second-order valence-corrected chi connectivity index (χ2v) is 6.62. The van der Waals surface area contributed by atoms with Gasteiger partial charge in [0.25, 0.3) is 5.56 Å². The molecule has 5 heteroatoms. The molecule has 0 bridgehead atoms. The van der Waals surface area contributed by atoms with Crippen LogP contribution >= 0.6 is 11.8 Å². The first-order chi connectivity index (χ1) is 11.7. The van der Waals surface area contributed by atoms with E-state index < -0.39 is 0 Å². The number of aromatic amines is 1. The van der Waals surface area contributed by atoms with Crippen LogP contribution in [0, 0.1) is 0 Å². The first-order valence-electron chi connectivity index (χ1n) is 7.90. The van der Waals surface area contributed by atoms with Crippen LogP contribution in [0.4, 0.5) is 0 Å². The Bertz CT molecular complexity index is 891. The van der Waals surface area contributed by atoms with Gasteiger partial charge in [-0.3, -0.25) is 9.59 Å². The molecule has 0 spiro atoms. The van der Waals surface area contributed by atoms with Crippen LogP contribution in [0.15, 0.2) is 64.5 Å². The Labute approximate surface area is 144 Å². The Balaban J connectivity index is 1.50. The summed E-state index contributed by atoms with van der Waals surface area (Å²) in [6.07, 6.45) is 1.79. The normalized spacial score (nSPS) is 10.8. The fourth-order valence-electron chi connectivity index (χ4n) is 2.48. The summed E-state index contributed by atoms with van der Waals surface area (Å²) in [6.45, 7) is 0. The predicted octanol–water partition coefficient (Wildman–Crippen LogP) is 3.61. The zero-order chi connectivity index (χ0) is 16.8. The average Bonchev–Trinajstić information content (AvgIpc) is 2.60. The highest BCUT2D eigenvalue weighted by Gasteiger charge is 2.06. The van der Waals surface area contributed by atoms with Crippen molar-refractivity contribution in [2.75, 3.05) is 5.75 Å². The molecule has 3 rings (SSSR count). The van der Waals surface area contributed by atoms with Crippen LogP contribution in [-0.4, -0.2) is 21.5 Å². The molecular formula is C19H18N2O2S. The molecule has 0 fully saturated rings. The van der Waals surface area contributed by atoms with Gasteiger partial charge in [-0.25, -0.2) is 4.98 Å². The van der Waals surface area contributed by atoms with Crippen LogP contribution in [-0.2, 0) is 11.2 Å². The van der Waals surface area contributed by atoms with Crippen LogP contribution in [0.3, 0.4) is 0 Å². The number of nitrogens with one attached hydrogen (secondary N) is 1. The molecule has 0 atom stereocenters. The van der Waals surface area contributed by atoms with Gasteiger partial charge in [0.05, 0.1) is 10.9 Å². The number of hydrogen-bond acceptors (Lipinski definition) is 4. The minimum Gasteiger partial charge on any atom is -0.301 e. The van der Waals surface area contributed by atoms with Crippen molar-refractivity contribution in [1.82, 2.24) is 9.97 Å². The van der Waals surface area contributed by atoms with Gasteiger partial charge in [-0.2, -0.15) is 0 Å². The number of fused-ring (bicyclic) bond motifs is 1. The molecule has 0 aliphatic heterocycles. The van der Waals surface area contributed by atoms with Crippen molar-refractivity contribution in [3.05, 3.63) is 70.5 Å². The van der Waals surface area contributed by atoms with Gasteiger partial charge in [0.1, 0.15) is 5.78 Å². The number of benzene rings is 2.